The van der Waals surface area contributed by atoms with Gasteiger partial charge in [0.05, 0.1) is 0 Å². The number of hydrogen-bond donors (Lipinski definition) is 1. The zero-order valence-corrected chi connectivity index (χ0v) is 8.26. The predicted octanol–water partition coefficient (Wildman–Crippen LogP) is 2.69. The Balaban J connectivity index is 2.92. The van der Waals surface area contributed by atoms with Crippen LogP contribution < -0.4 is 5.73 Å². The first-order chi connectivity index (χ1) is 6.55. The van der Waals surface area contributed by atoms with Crippen LogP contribution in [0.15, 0.2) is 24.3 Å². The van der Waals surface area contributed by atoms with Crippen molar-refractivity contribution in [3.8, 4) is 0 Å². The first-order valence-corrected chi connectivity index (χ1v) is 4.72. The van der Waals surface area contributed by atoms with Crippen LogP contribution in [0.3, 0.4) is 0 Å². The summed E-state index contributed by atoms with van der Waals surface area (Å²) < 4.78 is 26.2. The lowest BCUT2D eigenvalue weighted by molar-refractivity contribution is 0.0165. The van der Waals surface area contributed by atoms with E-state index in [9.17, 15) is 8.78 Å². The Morgan fingerprint density at radius 1 is 1.29 bits per heavy atom. The van der Waals surface area contributed by atoms with Gasteiger partial charge in [0.15, 0.2) is 0 Å². The second kappa shape index (κ2) is 4.51. The van der Waals surface area contributed by atoms with E-state index in [1.165, 1.54) is 6.07 Å². The number of benzene rings is 1. The first-order valence-electron chi connectivity index (χ1n) is 4.72. The summed E-state index contributed by atoms with van der Waals surface area (Å²) in [5, 5.41) is 0. The molecule has 0 spiro atoms. The molecule has 78 valence electrons. The Bertz CT molecular complexity index is 292. The van der Waals surface area contributed by atoms with Gasteiger partial charge in [0.1, 0.15) is 0 Å². The Morgan fingerprint density at radius 2 is 1.93 bits per heavy atom. The summed E-state index contributed by atoms with van der Waals surface area (Å²) in [4.78, 5) is 0. The minimum atomic E-state index is -2.76. The van der Waals surface area contributed by atoms with E-state index in [0.29, 0.717) is 18.5 Å². The van der Waals surface area contributed by atoms with E-state index in [-0.39, 0.29) is 5.56 Å². The van der Waals surface area contributed by atoms with Crippen molar-refractivity contribution in [1.82, 2.24) is 0 Å². The SMILES string of the molecule is CC(F)(F)c1ccccc1CCCN. The molecule has 0 aliphatic rings. The van der Waals surface area contributed by atoms with E-state index in [4.69, 9.17) is 5.73 Å². The molecule has 0 saturated heterocycles. The number of rotatable bonds is 4. The van der Waals surface area contributed by atoms with Crippen LogP contribution in [0.2, 0.25) is 0 Å². The fraction of sp³-hybridized carbons (Fsp3) is 0.455. The van der Waals surface area contributed by atoms with Crippen LogP contribution in [0.5, 0.6) is 0 Å². The van der Waals surface area contributed by atoms with Gasteiger partial charge in [-0.3, -0.25) is 0 Å². The molecule has 0 amide bonds. The monoisotopic (exact) mass is 199 g/mol. The molecule has 0 atom stereocenters. The van der Waals surface area contributed by atoms with E-state index in [1.807, 2.05) is 0 Å². The average molecular weight is 199 g/mol. The van der Waals surface area contributed by atoms with Crippen LogP contribution in [-0.4, -0.2) is 6.54 Å². The lowest BCUT2D eigenvalue weighted by Crippen LogP contribution is -2.11. The Hall–Kier alpha value is -0.960. The fourth-order valence-electron chi connectivity index (χ4n) is 1.46. The molecule has 0 saturated carbocycles. The highest BCUT2D eigenvalue weighted by Gasteiger charge is 2.26. The highest BCUT2D eigenvalue weighted by molar-refractivity contribution is 5.30. The van der Waals surface area contributed by atoms with Gasteiger partial charge in [0.2, 0.25) is 0 Å². The Labute approximate surface area is 82.9 Å². The van der Waals surface area contributed by atoms with Crippen LogP contribution in [0.25, 0.3) is 0 Å². The van der Waals surface area contributed by atoms with E-state index < -0.39 is 5.92 Å². The van der Waals surface area contributed by atoms with Crippen LogP contribution in [-0.2, 0) is 12.3 Å². The molecule has 2 N–H and O–H groups in total. The maximum atomic E-state index is 13.1. The third kappa shape index (κ3) is 2.77. The Morgan fingerprint density at radius 3 is 2.50 bits per heavy atom. The van der Waals surface area contributed by atoms with Crippen molar-refractivity contribution < 1.29 is 8.78 Å². The smallest absolute Gasteiger partial charge is 0.270 e. The maximum Gasteiger partial charge on any atom is 0.270 e. The van der Waals surface area contributed by atoms with Gasteiger partial charge in [-0.25, -0.2) is 8.78 Å². The molecule has 0 fully saturated rings. The highest BCUT2D eigenvalue weighted by Crippen LogP contribution is 2.30. The fourth-order valence-corrected chi connectivity index (χ4v) is 1.46. The number of aryl methyl sites for hydroxylation is 1. The summed E-state index contributed by atoms with van der Waals surface area (Å²) in [7, 11) is 0. The molecular weight excluding hydrogens is 184 g/mol. The normalized spacial score (nSPS) is 11.7. The molecule has 1 aromatic rings. The molecule has 0 aliphatic heterocycles. The van der Waals surface area contributed by atoms with Gasteiger partial charge in [-0.2, -0.15) is 0 Å². The van der Waals surface area contributed by atoms with Gasteiger partial charge < -0.3 is 5.73 Å². The number of alkyl halides is 2. The topological polar surface area (TPSA) is 26.0 Å². The number of hydrogen-bond acceptors (Lipinski definition) is 1. The molecule has 1 nitrogen and oxygen atoms in total. The minimum Gasteiger partial charge on any atom is -0.330 e. The quantitative estimate of drug-likeness (QED) is 0.792. The van der Waals surface area contributed by atoms with E-state index in [1.54, 1.807) is 18.2 Å². The van der Waals surface area contributed by atoms with Crippen molar-refractivity contribution in [2.75, 3.05) is 6.54 Å². The maximum absolute atomic E-state index is 13.1. The van der Waals surface area contributed by atoms with Crippen LogP contribution in [0.4, 0.5) is 8.78 Å². The van der Waals surface area contributed by atoms with Gasteiger partial charge >= 0.3 is 0 Å². The molecule has 0 aromatic heterocycles. The third-order valence-electron chi connectivity index (χ3n) is 2.14. The molecule has 14 heavy (non-hydrogen) atoms. The summed E-state index contributed by atoms with van der Waals surface area (Å²) in [6.45, 7) is 1.46. The first kappa shape index (κ1) is 11.1. The van der Waals surface area contributed by atoms with Crippen LogP contribution in [0.1, 0.15) is 24.5 Å². The molecule has 0 radical (unpaired) electrons. The number of halogens is 2. The third-order valence-corrected chi connectivity index (χ3v) is 2.14. The van der Waals surface area contributed by atoms with Crippen LogP contribution >= 0.6 is 0 Å². The lowest BCUT2D eigenvalue weighted by atomic mass is 9.99. The van der Waals surface area contributed by atoms with Gasteiger partial charge in [-0.05, 0) is 24.9 Å². The summed E-state index contributed by atoms with van der Waals surface area (Å²) in [5.74, 6) is -2.76. The van der Waals surface area contributed by atoms with Crippen molar-refractivity contribution in [3.63, 3.8) is 0 Å². The summed E-state index contributed by atoms with van der Waals surface area (Å²) >= 11 is 0. The molecule has 3 heteroatoms. The van der Waals surface area contributed by atoms with Gasteiger partial charge in [-0.15, -0.1) is 0 Å². The van der Waals surface area contributed by atoms with Crippen molar-refractivity contribution in [2.24, 2.45) is 5.73 Å². The summed E-state index contributed by atoms with van der Waals surface area (Å²) in [6.07, 6.45) is 1.36. The lowest BCUT2D eigenvalue weighted by Gasteiger charge is -2.15. The summed E-state index contributed by atoms with van der Waals surface area (Å²) in [5.41, 5.74) is 6.17. The zero-order valence-electron chi connectivity index (χ0n) is 8.26. The zero-order chi connectivity index (χ0) is 10.6. The molecule has 1 aromatic carbocycles. The minimum absolute atomic E-state index is 0.119. The van der Waals surface area contributed by atoms with Gasteiger partial charge in [0.25, 0.3) is 5.92 Å². The highest BCUT2D eigenvalue weighted by atomic mass is 19.3. The second-order valence-electron chi connectivity index (χ2n) is 3.44. The van der Waals surface area contributed by atoms with Crippen molar-refractivity contribution in [2.45, 2.75) is 25.7 Å². The van der Waals surface area contributed by atoms with Crippen LogP contribution in [0, 0.1) is 0 Å². The second-order valence-corrected chi connectivity index (χ2v) is 3.44. The van der Waals surface area contributed by atoms with Crippen molar-refractivity contribution >= 4 is 0 Å². The predicted molar refractivity (Wildman–Crippen MR) is 53.4 cm³/mol. The largest absolute Gasteiger partial charge is 0.330 e. The molecule has 0 heterocycles. The van der Waals surface area contributed by atoms with Gasteiger partial charge in [-0.1, -0.05) is 24.3 Å². The van der Waals surface area contributed by atoms with Crippen molar-refractivity contribution in [3.05, 3.63) is 35.4 Å². The molecule has 0 aliphatic carbocycles. The Kier molecular flexibility index (Phi) is 3.58. The molecule has 0 unspecified atom stereocenters. The van der Waals surface area contributed by atoms with E-state index >= 15 is 0 Å². The van der Waals surface area contributed by atoms with E-state index in [0.717, 1.165) is 13.3 Å². The molecular formula is C11H15F2N. The number of nitrogens with two attached hydrogens (primary N) is 1. The van der Waals surface area contributed by atoms with E-state index in [2.05, 4.69) is 0 Å². The average Bonchev–Trinajstić information content (AvgIpc) is 2.14. The van der Waals surface area contributed by atoms with Gasteiger partial charge in [0, 0.05) is 12.5 Å². The summed E-state index contributed by atoms with van der Waals surface area (Å²) in [6, 6.07) is 6.63. The molecule has 0 bridgehead atoms. The van der Waals surface area contributed by atoms with Crippen molar-refractivity contribution in [1.29, 1.82) is 0 Å². The molecule has 1 rings (SSSR count). The standard InChI is InChI=1S/C11H15F2N/c1-11(12,13)10-7-3-2-5-9(10)6-4-8-14/h2-3,5,7H,4,6,8,14H2,1H3.